The predicted octanol–water partition coefficient (Wildman–Crippen LogP) is 2.00. The lowest BCUT2D eigenvalue weighted by atomic mass is 9.89. The minimum atomic E-state index is -3.90. The van der Waals surface area contributed by atoms with Crippen LogP contribution in [-0.2, 0) is 10.0 Å². The van der Waals surface area contributed by atoms with Crippen LogP contribution in [0.5, 0.6) is 0 Å². The molecule has 1 heterocycles. The van der Waals surface area contributed by atoms with Crippen molar-refractivity contribution in [2.24, 2.45) is 11.1 Å². The molecule has 112 valence electrons. The molecule has 20 heavy (non-hydrogen) atoms. The number of primary sulfonamides is 1. The first-order valence-corrected chi connectivity index (χ1v) is 8.82. The van der Waals surface area contributed by atoms with Crippen molar-refractivity contribution in [3.05, 3.63) is 16.5 Å². The summed E-state index contributed by atoms with van der Waals surface area (Å²) in [5, 5.41) is 7.78. The molecule has 0 aliphatic heterocycles. The third-order valence-electron chi connectivity index (χ3n) is 3.46. The van der Waals surface area contributed by atoms with Gasteiger partial charge in [-0.25, -0.2) is 13.6 Å². The Morgan fingerprint density at radius 1 is 1.40 bits per heavy atom. The largest absolute Gasteiger partial charge is 0.443 e. The summed E-state index contributed by atoms with van der Waals surface area (Å²) in [6.07, 6.45) is 5.88. The first-order chi connectivity index (χ1) is 9.38. The molecular weight excluding hydrogens is 348 g/mol. The summed E-state index contributed by atoms with van der Waals surface area (Å²) in [5.74, 6) is 0.00620. The van der Waals surface area contributed by atoms with Gasteiger partial charge in [-0.1, -0.05) is 19.3 Å². The Kier molecular flexibility index (Phi) is 4.87. The van der Waals surface area contributed by atoms with E-state index in [1.165, 1.54) is 19.3 Å². The van der Waals surface area contributed by atoms with Crippen LogP contribution in [0.3, 0.4) is 0 Å². The monoisotopic (exact) mass is 364 g/mol. The van der Waals surface area contributed by atoms with Crippen molar-refractivity contribution in [1.82, 2.24) is 5.32 Å². The number of sulfonamides is 1. The second-order valence-corrected chi connectivity index (χ2v) is 7.26. The minimum absolute atomic E-state index is 0.0529. The van der Waals surface area contributed by atoms with Gasteiger partial charge in [0.2, 0.25) is 10.0 Å². The summed E-state index contributed by atoms with van der Waals surface area (Å²) in [4.78, 5) is 11.7. The molecule has 0 unspecified atom stereocenters. The Morgan fingerprint density at radius 2 is 2.05 bits per heavy atom. The van der Waals surface area contributed by atoms with Gasteiger partial charge in [0.15, 0.2) is 10.4 Å². The number of hydrogen-bond acceptors (Lipinski definition) is 4. The lowest BCUT2D eigenvalue weighted by molar-refractivity contribution is 0.0914. The molecule has 1 aromatic heterocycles. The van der Waals surface area contributed by atoms with E-state index in [0.717, 1.165) is 18.9 Å². The van der Waals surface area contributed by atoms with Crippen LogP contribution in [0.1, 0.15) is 42.7 Å². The van der Waals surface area contributed by atoms with Crippen LogP contribution in [0, 0.1) is 5.92 Å². The fourth-order valence-electron chi connectivity index (χ4n) is 2.37. The Bertz CT molecular complexity index is 591. The van der Waals surface area contributed by atoms with Crippen molar-refractivity contribution >= 4 is 31.9 Å². The maximum Gasteiger partial charge on any atom is 0.287 e. The van der Waals surface area contributed by atoms with Gasteiger partial charge < -0.3 is 9.73 Å². The second-order valence-electron chi connectivity index (χ2n) is 5.01. The van der Waals surface area contributed by atoms with Crippen LogP contribution >= 0.6 is 15.9 Å². The van der Waals surface area contributed by atoms with Crippen LogP contribution in [0.4, 0.5) is 0 Å². The maximum atomic E-state index is 11.9. The summed E-state index contributed by atoms with van der Waals surface area (Å²) in [6, 6.07) is 1.13. The highest BCUT2D eigenvalue weighted by Gasteiger charge is 2.22. The number of nitrogens with one attached hydrogen (secondary N) is 1. The summed E-state index contributed by atoms with van der Waals surface area (Å²) in [7, 11) is -3.90. The highest BCUT2D eigenvalue weighted by atomic mass is 79.9. The van der Waals surface area contributed by atoms with Gasteiger partial charge in [-0.3, -0.25) is 4.79 Å². The van der Waals surface area contributed by atoms with Crippen LogP contribution in [0.2, 0.25) is 0 Å². The Balaban J connectivity index is 1.99. The average molecular weight is 365 g/mol. The van der Waals surface area contributed by atoms with Crippen molar-refractivity contribution in [2.45, 2.75) is 37.0 Å². The molecule has 1 aromatic rings. The quantitative estimate of drug-likeness (QED) is 0.852. The smallest absolute Gasteiger partial charge is 0.287 e. The molecule has 0 radical (unpaired) electrons. The number of carbonyl (C=O) groups excluding carboxylic acids is 1. The van der Waals surface area contributed by atoms with Crippen molar-refractivity contribution in [1.29, 1.82) is 0 Å². The van der Waals surface area contributed by atoms with E-state index in [0.29, 0.717) is 12.5 Å². The molecule has 1 aliphatic rings. The molecule has 0 aromatic carbocycles. The zero-order chi connectivity index (χ0) is 14.8. The first kappa shape index (κ1) is 15.5. The fraction of sp³-hybridized carbons (Fsp3) is 0.583. The normalized spacial score (nSPS) is 17.1. The molecule has 1 fully saturated rings. The SMILES string of the molecule is NS(=O)(=O)c1cc(C(=O)NCC2CCCCC2)oc1Br. The van der Waals surface area contributed by atoms with Crippen molar-refractivity contribution in [2.75, 3.05) is 6.54 Å². The number of furan rings is 1. The van der Waals surface area contributed by atoms with E-state index in [1.54, 1.807) is 0 Å². The minimum Gasteiger partial charge on any atom is -0.443 e. The van der Waals surface area contributed by atoms with Gasteiger partial charge in [0, 0.05) is 12.6 Å². The topological polar surface area (TPSA) is 102 Å². The number of halogens is 1. The molecule has 2 rings (SSSR count). The molecular formula is C12H17BrN2O4S. The molecule has 0 bridgehead atoms. The number of rotatable bonds is 4. The highest BCUT2D eigenvalue weighted by molar-refractivity contribution is 9.10. The Hall–Kier alpha value is -0.860. The van der Waals surface area contributed by atoms with Crippen molar-refractivity contribution < 1.29 is 17.6 Å². The lowest BCUT2D eigenvalue weighted by Gasteiger charge is -2.21. The molecule has 0 atom stereocenters. The van der Waals surface area contributed by atoms with Gasteiger partial charge in [0.25, 0.3) is 5.91 Å². The molecule has 0 saturated heterocycles. The third-order valence-corrected chi connectivity index (χ3v) is 5.23. The van der Waals surface area contributed by atoms with Crippen molar-refractivity contribution in [3.8, 4) is 0 Å². The van der Waals surface area contributed by atoms with Gasteiger partial charge in [-0.05, 0) is 34.7 Å². The standard InChI is InChI=1S/C12H17BrN2O4S/c13-11-10(20(14,17)18)6-9(19-11)12(16)15-7-8-4-2-1-3-5-8/h6,8H,1-5,7H2,(H,15,16)(H2,14,17,18). The van der Waals surface area contributed by atoms with E-state index in [2.05, 4.69) is 21.2 Å². The van der Waals surface area contributed by atoms with Gasteiger partial charge >= 0.3 is 0 Å². The molecule has 3 N–H and O–H groups in total. The summed E-state index contributed by atoms with van der Waals surface area (Å²) < 4.78 is 27.5. The van der Waals surface area contributed by atoms with Gasteiger partial charge in [-0.15, -0.1) is 0 Å². The van der Waals surface area contributed by atoms with Gasteiger partial charge in [0.05, 0.1) is 0 Å². The molecule has 8 heteroatoms. The summed E-state index contributed by atoms with van der Waals surface area (Å²) >= 11 is 2.94. The zero-order valence-electron chi connectivity index (χ0n) is 10.9. The highest BCUT2D eigenvalue weighted by Crippen LogP contribution is 2.26. The molecule has 1 aliphatic carbocycles. The van der Waals surface area contributed by atoms with E-state index in [-0.39, 0.29) is 15.3 Å². The van der Waals surface area contributed by atoms with Crippen molar-refractivity contribution in [3.63, 3.8) is 0 Å². The lowest BCUT2D eigenvalue weighted by Crippen LogP contribution is -2.30. The van der Waals surface area contributed by atoms with Gasteiger partial charge in [0.1, 0.15) is 4.90 Å². The van der Waals surface area contributed by atoms with Crippen LogP contribution in [-0.4, -0.2) is 20.9 Å². The fourth-order valence-corrected chi connectivity index (χ4v) is 3.88. The number of carbonyl (C=O) groups is 1. The molecule has 1 saturated carbocycles. The van der Waals surface area contributed by atoms with Gasteiger partial charge in [-0.2, -0.15) is 0 Å². The molecule has 1 amide bonds. The summed E-state index contributed by atoms with van der Waals surface area (Å²) in [6.45, 7) is 0.585. The van der Waals surface area contributed by atoms with Crippen LogP contribution in [0.15, 0.2) is 20.0 Å². The van der Waals surface area contributed by atoms with Crippen LogP contribution < -0.4 is 10.5 Å². The zero-order valence-corrected chi connectivity index (χ0v) is 13.3. The Labute approximate surface area is 126 Å². The van der Waals surface area contributed by atoms with E-state index in [1.807, 2.05) is 0 Å². The molecule has 0 spiro atoms. The second kappa shape index (κ2) is 6.28. The predicted molar refractivity (Wildman–Crippen MR) is 76.7 cm³/mol. The number of nitrogens with two attached hydrogens (primary N) is 1. The van der Waals surface area contributed by atoms with E-state index >= 15 is 0 Å². The summed E-state index contributed by atoms with van der Waals surface area (Å²) in [5.41, 5.74) is 0. The Morgan fingerprint density at radius 3 is 2.60 bits per heavy atom. The van der Waals surface area contributed by atoms with E-state index < -0.39 is 15.9 Å². The average Bonchev–Trinajstić information content (AvgIpc) is 2.79. The van der Waals surface area contributed by atoms with E-state index in [4.69, 9.17) is 9.56 Å². The third kappa shape index (κ3) is 3.83. The van der Waals surface area contributed by atoms with E-state index in [9.17, 15) is 13.2 Å². The maximum absolute atomic E-state index is 11.9. The van der Waals surface area contributed by atoms with Crippen LogP contribution in [0.25, 0.3) is 0 Å². The number of amides is 1. The first-order valence-electron chi connectivity index (χ1n) is 6.48. The molecule has 6 nitrogen and oxygen atoms in total. The number of hydrogen-bond donors (Lipinski definition) is 2.